The van der Waals surface area contributed by atoms with Crippen LogP contribution in [0.5, 0.6) is 0 Å². The maximum atomic E-state index is 13.7. The van der Waals surface area contributed by atoms with Crippen molar-refractivity contribution >= 4 is 11.6 Å². The van der Waals surface area contributed by atoms with Gasteiger partial charge in [-0.1, -0.05) is 66.3 Å². The van der Waals surface area contributed by atoms with Crippen LogP contribution in [0.2, 0.25) is 0 Å². The van der Waals surface area contributed by atoms with Crippen molar-refractivity contribution < 1.29 is 22.7 Å². The van der Waals surface area contributed by atoms with Crippen molar-refractivity contribution in [2.75, 3.05) is 0 Å². The second-order valence-electron chi connectivity index (χ2n) is 9.56. The van der Waals surface area contributed by atoms with Crippen LogP contribution in [0, 0.1) is 0 Å². The minimum absolute atomic E-state index is 0.137. The quantitative estimate of drug-likeness (QED) is 0.246. The molecule has 2 aromatic carbocycles. The summed E-state index contributed by atoms with van der Waals surface area (Å²) in [5.41, 5.74) is 2.34. The van der Waals surface area contributed by atoms with Gasteiger partial charge in [0.2, 0.25) is 0 Å². The summed E-state index contributed by atoms with van der Waals surface area (Å²) in [6.07, 6.45) is 7.01. The summed E-state index contributed by atoms with van der Waals surface area (Å²) >= 11 is 0. The number of hydrogen-bond donors (Lipinski definition) is 0. The zero-order valence-corrected chi connectivity index (χ0v) is 20.8. The van der Waals surface area contributed by atoms with E-state index >= 15 is 0 Å². The monoisotopic (exact) mass is 517 g/mol. The minimum atomic E-state index is -4.42. The SMILES string of the molecule is CC(CC1=CC=CCC1)(C(=O)OCc1ccccc1)c1ccnc2c(-c3ccc(C(F)(F)F)cc3)cnn12. The summed E-state index contributed by atoms with van der Waals surface area (Å²) < 4.78 is 46.6. The molecule has 194 valence electrons. The minimum Gasteiger partial charge on any atom is -0.460 e. The molecule has 0 saturated carbocycles. The van der Waals surface area contributed by atoms with E-state index in [0.717, 1.165) is 36.1 Å². The number of hydrogen-bond acceptors (Lipinski definition) is 4. The molecule has 1 unspecified atom stereocenters. The van der Waals surface area contributed by atoms with Crippen molar-refractivity contribution in [2.45, 2.75) is 44.4 Å². The van der Waals surface area contributed by atoms with Gasteiger partial charge >= 0.3 is 12.1 Å². The molecule has 0 bridgehead atoms. The van der Waals surface area contributed by atoms with Gasteiger partial charge in [0.1, 0.15) is 12.0 Å². The molecular formula is C30H26F3N3O2. The number of rotatable bonds is 7. The van der Waals surface area contributed by atoms with Gasteiger partial charge in [-0.15, -0.1) is 0 Å². The molecule has 0 N–H and O–H groups in total. The standard InChI is InChI=1S/C30H26F3N3O2/c1-29(18-21-8-4-2-5-9-21,28(37)38-20-22-10-6-3-7-11-22)26-16-17-34-27-25(19-35-36(26)27)23-12-14-24(15-13-23)30(31,32)33/h2-4,6-8,10-17,19H,5,9,18,20H2,1H3. The average Bonchev–Trinajstić information content (AvgIpc) is 3.37. The number of ether oxygens (including phenoxy) is 1. The first-order valence-electron chi connectivity index (χ1n) is 12.3. The molecule has 0 amide bonds. The third-order valence-corrected chi connectivity index (χ3v) is 6.83. The second kappa shape index (κ2) is 10.3. The molecule has 2 heterocycles. The maximum absolute atomic E-state index is 13.7. The van der Waals surface area contributed by atoms with Crippen molar-refractivity contribution in [1.29, 1.82) is 0 Å². The predicted molar refractivity (Wildman–Crippen MR) is 138 cm³/mol. The van der Waals surface area contributed by atoms with E-state index in [-0.39, 0.29) is 6.61 Å². The van der Waals surface area contributed by atoms with Crippen LogP contribution in [-0.2, 0) is 27.7 Å². The van der Waals surface area contributed by atoms with Gasteiger partial charge in [-0.3, -0.25) is 4.79 Å². The summed E-state index contributed by atoms with van der Waals surface area (Å²) in [5, 5.41) is 4.52. The molecule has 8 heteroatoms. The van der Waals surface area contributed by atoms with Crippen LogP contribution in [0.4, 0.5) is 13.2 Å². The number of nitrogens with zero attached hydrogens (tertiary/aromatic N) is 3. The van der Waals surface area contributed by atoms with Crippen molar-refractivity contribution in [3.63, 3.8) is 0 Å². The molecular weight excluding hydrogens is 491 g/mol. The van der Waals surface area contributed by atoms with Gasteiger partial charge in [-0.05, 0) is 55.5 Å². The molecule has 0 spiro atoms. The Kier molecular flexibility index (Phi) is 6.89. The van der Waals surface area contributed by atoms with Crippen molar-refractivity contribution in [3.05, 3.63) is 114 Å². The molecule has 0 fully saturated rings. The van der Waals surface area contributed by atoms with Crippen LogP contribution in [-0.4, -0.2) is 20.6 Å². The number of carbonyl (C=O) groups excluding carboxylic acids is 1. The average molecular weight is 518 g/mol. The van der Waals surface area contributed by atoms with Crippen LogP contribution in [0.3, 0.4) is 0 Å². The number of esters is 1. The van der Waals surface area contributed by atoms with Gasteiger partial charge in [0.05, 0.1) is 17.5 Å². The molecule has 1 aliphatic rings. The van der Waals surface area contributed by atoms with Crippen LogP contribution < -0.4 is 0 Å². The van der Waals surface area contributed by atoms with E-state index in [4.69, 9.17) is 4.74 Å². The molecule has 4 aromatic rings. The normalized spacial score (nSPS) is 15.2. The van der Waals surface area contributed by atoms with Gasteiger partial charge < -0.3 is 4.74 Å². The first-order valence-corrected chi connectivity index (χ1v) is 12.3. The van der Waals surface area contributed by atoms with E-state index in [1.807, 2.05) is 49.4 Å². The third kappa shape index (κ3) is 5.11. The summed E-state index contributed by atoms with van der Waals surface area (Å²) in [6, 6.07) is 16.1. The number of halogens is 3. The summed E-state index contributed by atoms with van der Waals surface area (Å²) in [5.74, 6) is -0.393. The fourth-order valence-corrected chi connectivity index (χ4v) is 4.76. The molecule has 2 aromatic heterocycles. The van der Waals surface area contributed by atoms with E-state index in [2.05, 4.69) is 16.2 Å². The molecule has 38 heavy (non-hydrogen) atoms. The van der Waals surface area contributed by atoms with Crippen LogP contribution in [0.15, 0.2) is 96.9 Å². The molecule has 0 radical (unpaired) electrons. The largest absolute Gasteiger partial charge is 0.460 e. The van der Waals surface area contributed by atoms with E-state index < -0.39 is 23.1 Å². The number of allylic oxidation sites excluding steroid dienone is 4. The summed E-state index contributed by atoms with van der Waals surface area (Å²) in [6.45, 7) is 1.98. The molecule has 0 aliphatic heterocycles. The number of carbonyl (C=O) groups is 1. The first kappa shape index (κ1) is 25.4. The molecule has 1 atom stereocenters. The molecule has 5 rings (SSSR count). The lowest BCUT2D eigenvalue weighted by atomic mass is 9.78. The Balaban J connectivity index is 1.54. The van der Waals surface area contributed by atoms with Gasteiger partial charge in [0, 0.05) is 11.8 Å². The molecule has 0 saturated heterocycles. The predicted octanol–water partition coefficient (Wildman–Crippen LogP) is 7.08. The summed E-state index contributed by atoms with van der Waals surface area (Å²) in [7, 11) is 0. The van der Waals surface area contributed by atoms with Gasteiger partial charge in [-0.2, -0.15) is 18.3 Å². The van der Waals surface area contributed by atoms with E-state index in [9.17, 15) is 18.0 Å². The van der Waals surface area contributed by atoms with Crippen LogP contribution in [0.1, 0.15) is 43.0 Å². The Labute approximate surface area is 218 Å². The van der Waals surface area contributed by atoms with E-state index in [1.165, 1.54) is 12.1 Å². The highest BCUT2D eigenvalue weighted by molar-refractivity contribution is 5.84. The van der Waals surface area contributed by atoms with Gasteiger partial charge in [0.15, 0.2) is 5.65 Å². The van der Waals surface area contributed by atoms with Crippen molar-refractivity contribution in [1.82, 2.24) is 14.6 Å². The maximum Gasteiger partial charge on any atom is 0.416 e. The Bertz CT molecular complexity index is 1510. The topological polar surface area (TPSA) is 56.5 Å². The molecule has 1 aliphatic carbocycles. The number of aromatic nitrogens is 3. The van der Waals surface area contributed by atoms with Gasteiger partial charge in [-0.25, -0.2) is 9.50 Å². The number of benzene rings is 2. The highest BCUT2D eigenvalue weighted by Crippen LogP contribution is 2.37. The first-order chi connectivity index (χ1) is 18.3. The van der Waals surface area contributed by atoms with Crippen molar-refractivity contribution in [2.24, 2.45) is 0 Å². The lowest BCUT2D eigenvalue weighted by Crippen LogP contribution is -2.37. The number of alkyl halides is 3. The fraction of sp³-hybridized carbons (Fsp3) is 0.233. The Morgan fingerprint density at radius 1 is 1.05 bits per heavy atom. The Hall–Kier alpha value is -4.20. The van der Waals surface area contributed by atoms with Crippen LogP contribution >= 0.6 is 0 Å². The second-order valence-corrected chi connectivity index (χ2v) is 9.56. The number of fused-ring (bicyclic) bond motifs is 1. The van der Waals surface area contributed by atoms with E-state index in [1.54, 1.807) is 23.0 Å². The zero-order valence-electron chi connectivity index (χ0n) is 20.8. The lowest BCUT2D eigenvalue weighted by molar-refractivity contribution is -0.151. The van der Waals surface area contributed by atoms with E-state index in [0.29, 0.717) is 28.9 Å². The smallest absolute Gasteiger partial charge is 0.416 e. The Morgan fingerprint density at radius 3 is 2.50 bits per heavy atom. The molecule has 5 nitrogen and oxygen atoms in total. The fourth-order valence-electron chi connectivity index (χ4n) is 4.76. The Morgan fingerprint density at radius 2 is 1.82 bits per heavy atom. The van der Waals surface area contributed by atoms with Crippen LogP contribution in [0.25, 0.3) is 16.8 Å². The van der Waals surface area contributed by atoms with Gasteiger partial charge in [0.25, 0.3) is 0 Å². The van der Waals surface area contributed by atoms with Crippen molar-refractivity contribution in [3.8, 4) is 11.1 Å². The zero-order chi connectivity index (χ0) is 26.8. The lowest BCUT2D eigenvalue weighted by Gasteiger charge is -2.29. The summed E-state index contributed by atoms with van der Waals surface area (Å²) in [4.78, 5) is 18.2. The third-order valence-electron chi connectivity index (χ3n) is 6.83. The highest BCUT2D eigenvalue weighted by Gasteiger charge is 2.40. The highest BCUT2D eigenvalue weighted by atomic mass is 19.4.